The first-order valence-electron chi connectivity index (χ1n) is 19.8. The Balaban J connectivity index is 1.16. The summed E-state index contributed by atoms with van der Waals surface area (Å²) < 4.78 is 8.00. The molecular weight excluding hydrogens is 733 g/mol. The lowest BCUT2D eigenvalue weighted by Gasteiger charge is -2.63. The number of fused-ring (bicyclic) bond motifs is 4. The summed E-state index contributed by atoms with van der Waals surface area (Å²) >= 11 is 1.40. The SMILES string of the molecule is CCC1(C)CC2(C)CC(C)(CN/C(C)=C(\C=N)c3ccc(-c4cnc5cccc(C(=O)Nc6nc7ccccc7s6)c5c4)nc3C(=O)O)CC(OC(C)(C)C)(C1)C2. The van der Waals surface area contributed by atoms with Gasteiger partial charge in [-0.2, -0.15) is 0 Å². The lowest BCUT2D eigenvalue weighted by Crippen LogP contribution is -2.60. The summed E-state index contributed by atoms with van der Waals surface area (Å²) in [5.41, 5.74) is 3.88. The van der Waals surface area contributed by atoms with Crippen molar-refractivity contribution in [2.45, 2.75) is 105 Å². The zero-order valence-electron chi connectivity index (χ0n) is 34.3. The third kappa shape index (κ3) is 8.36. The molecular formula is C46H54N6O4S. The molecule has 298 valence electrons. The predicted octanol–water partition coefficient (Wildman–Crippen LogP) is 10.8. The zero-order valence-corrected chi connectivity index (χ0v) is 35.1. The van der Waals surface area contributed by atoms with E-state index in [1.807, 2.05) is 43.3 Å². The number of hydrogen-bond donors (Lipinski definition) is 4. The fraction of sp³-hybridized carbons (Fsp3) is 0.435. The molecule has 0 spiro atoms. The van der Waals surface area contributed by atoms with E-state index in [1.54, 1.807) is 30.5 Å². The van der Waals surface area contributed by atoms with Gasteiger partial charge in [0.25, 0.3) is 5.91 Å². The molecule has 2 aliphatic rings. The van der Waals surface area contributed by atoms with Gasteiger partial charge in [0.05, 0.1) is 32.6 Å². The highest BCUT2D eigenvalue weighted by molar-refractivity contribution is 7.22. The molecule has 2 aromatic carbocycles. The van der Waals surface area contributed by atoms with Gasteiger partial charge >= 0.3 is 5.97 Å². The molecule has 2 bridgehead atoms. The van der Waals surface area contributed by atoms with Crippen LogP contribution in [0.1, 0.15) is 120 Å². The van der Waals surface area contributed by atoms with Crippen molar-refractivity contribution in [3.05, 3.63) is 89.4 Å². The Kier molecular flexibility index (Phi) is 10.4. The monoisotopic (exact) mass is 786 g/mol. The molecule has 11 heteroatoms. The lowest BCUT2D eigenvalue weighted by atomic mass is 9.47. The van der Waals surface area contributed by atoms with Crippen LogP contribution in [0.2, 0.25) is 0 Å². The molecule has 10 nitrogen and oxygen atoms in total. The number of hydrogen-bond acceptors (Lipinski definition) is 9. The molecule has 3 aromatic heterocycles. The van der Waals surface area contributed by atoms with Gasteiger partial charge < -0.3 is 20.6 Å². The number of pyridine rings is 2. The maximum Gasteiger partial charge on any atom is 0.355 e. The molecule has 7 rings (SSSR count). The summed E-state index contributed by atoms with van der Waals surface area (Å²) in [6.45, 7) is 18.5. The normalized spacial score (nSPS) is 25.2. The first-order valence-corrected chi connectivity index (χ1v) is 20.6. The van der Waals surface area contributed by atoms with Crippen LogP contribution in [0.5, 0.6) is 0 Å². The number of allylic oxidation sites excluding steroid dienone is 2. The molecule has 57 heavy (non-hydrogen) atoms. The minimum Gasteiger partial charge on any atom is -0.476 e. The van der Waals surface area contributed by atoms with Crippen molar-refractivity contribution in [3.8, 4) is 11.3 Å². The molecule has 3 heterocycles. The van der Waals surface area contributed by atoms with Gasteiger partial charge in [0, 0.05) is 52.3 Å². The van der Waals surface area contributed by atoms with Crippen LogP contribution in [0.4, 0.5) is 5.13 Å². The molecule has 4 N–H and O–H groups in total. The van der Waals surface area contributed by atoms with Crippen molar-refractivity contribution >= 4 is 61.3 Å². The first-order chi connectivity index (χ1) is 26.8. The van der Waals surface area contributed by atoms with E-state index < -0.39 is 5.97 Å². The number of benzene rings is 2. The van der Waals surface area contributed by atoms with Crippen LogP contribution in [0.15, 0.2) is 72.6 Å². The first kappa shape index (κ1) is 40.2. The summed E-state index contributed by atoms with van der Waals surface area (Å²) in [5.74, 6) is -1.53. The predicted molar refractivity (Wildman–Crippen MR) is 230 cm³/mol. The Bertz CT molecular complexity index is 2400. The van der Waals surface area contributed by atoms with Crippen LogP contribution < -0.4 is 10.6 Å². The smallest absolute Gasteiger partial charge is 0.355 e. The zero-order chi connectivity index (χ0) is 41.0. The van der Waals surface area contributed by atoms with Gasteiger partial charge in [-0.1, -0.05) is 63.7 Å². The van der Waals surface area contributed by atoms with Crippen LogP contribution in [0.3, 0.4) is 0 Å². The number of carbonyl (C=O) groups is 2. The Morgan fingerprint density at radius 2 is 1.65 bits per heavy atom. The van der Waals surface area contributed by atoms with E-state index in [9.17, 15) is 14.7 Å². The summed E-state index contributed by atoms with van der Waals surface area (Å²) in [4.78, 5) is 40.1. The second-order valence-electron chi connectivity index (χ2n) is 18.5. The quantitative estimate of drug-likeness (QED) is 0.0966. The number of carboxylic acid groups (broad SMARTS) is 1. The molecule has 0 aliphatic heterocycles. The van der Waals surface area contributed by atoms with Crippen molar-refractivity contribution in [1.82, 2.24) is 20.3 Å². The van der Waals surface area contributed by atoms with E-state index in [0.29, 0.717) is 56.2 Å². The van der Waals surface area contributed by atoms with E-state index >= 15 is 0 Å². The van der Waals surface area contributed by atoms with E-state index in [-0.39, 0.29) is 39.0 Å². The van der Waals surface area contributed by atoms with Crippen molar-refractivity contribution in [3.63, 3.8) is 0 Å². The number of anilines is 1. The number of nitrogens with zero attached hydrogens (tertiary/aromatic N) is 3. The maximum absolute atomic E-state index is 13.6. The van der Waals surface area contributed by atoms with E-state index in [0.717, 1.165) is 48.7 Å². The number of aromatic carboxylic acids is 1. The average Bonchev–Trinajstić information content (AvgIpc) is 3.54. The van der Waals surface area contributed by atoms with Gasteiger partial charge in [-0.15, -0.1) is 0 Å². The van der Waals surface area contributed by atoms with Gasteiger partial charge in [0.1, 0.15) is 0 Å². The maximum atomic E-state index is 13.6. The molecule has 1 amide bonds. The topological polar surface area (TPSA) is 150 Å². The number of amides is 1. The van der Waals surface area contributed by atoms with Crippen molar-refractivity contribution < 1.29 is 19.4 Å². The van der Waals surface area contributed by atoms with Crippen LogP contribution >= 0.6 is 11.3 Å². The van der Waals surface area contributed by atoms with Gasteiger partial charge in [-0.3, -0.25) is 15.1 Å². The number of para-hydroxylation sites is 1. The number of thiazole rings is 1. The third-order valence-corrected chi connectivity index (χ3v) is 12.8. The van der Waals surface area contributed by atoms with E-state index in [1.165, 1.54) is 17.6 Å². The highest BCUT2D eigenvalue weighted by Gasteiger charge is 2.59. The molecule has 2 fully saturated rings. The number of aromatic nitrogens is 3. The summed E-state index contributed by atoms with van der Waals surface area (Å²) in [6, 6.07) is 18.3. The number of nitrogens with one attached hydrogen (secondary N) is 3. The summed E-state index contributed by atoms with van der Waals surface area (Å²) in [5, 5.41) is 26.5. The summed E-state index contributed by atoms with van der Waals surface area (Å²) in [7, 11) is 0. The Morgan fingerprint density at radius 1 is 0.930 bits per heavy atom. The fourth-order valence-electron chi connectivity index (χ4n) is 10.4. The Hall–Kier alpha value is -5.00. The molecule has 0 radical (unpaired) electrons. The third-order valence-electron chi connectivity index (χ3n) is 11.8. The molecule has 0 saturated heterocycles. The number of carboxylic acids is 1. The van der Waals surface area contributed by atoms with Crippen LogP contribution in [0.25, 0.3) is 38.0 Å². The standard InChI is InChI=1S/C46H54N6O4S/c1-9-43(6)22-44(7)23-45(8,26-46(24-43,25-44)56-42(3,4)5)27-49-28(2)33(20-47)30-17-18-34(50-38(30)40(54)55)29-19-32-31(13-12-15-35(32)48-21-29)39(53)52-41-51-36-14-10-11-16-37(36)57-41/h10-21,47,49H,9,22-27H2,1-8H3,(H,54,55)(H,51,52,53)/b33-28+,47-20?. The van der Waals surface area contributed by atoms with Crippen molar-refractivity contribution in [2.24, 2.45) is 16.2 Å². The fourth-order valence-corrected chi connectivity index (χ4v) is 11.3. The molecule has 4 unspecified atom stereocenters. The van der Waals surface area contributed by atoms with Gasteiger partial charge in [0.2, 0.25) is 0 Å². The van der Waals surface area contributed by atoms with Gasteiger partial charge in [-0.05, 0) is 119 Å². The Labute approximate surface area is 339 Å². The minimum absolute atomic E-state index is 0.0906. The number of ether oxygens (including phenoxy) is 1. The Morgan fingerprint density at radius 3 is 2.35 bits per heavy atom. The lowest BCUT2D eigenvalue weighted by molar-refractivity contribution is -0.232. The van der Waals surface area contributed by atoms with Crippen LogP contribution in [-0.4, -0.2) is 55.9 Å². The second-order valence-corrected chi connectivity index (χ2v) is 19.6. The molecule has 2 aliphatic carbocycles. The minimum atomic E-state index is -1.20. The van der Waals surface area contributed by atoms with Gasteiger partial charge in [0.15, 0.2) is 10.8 Å². The molecule has 2 saturated carbocycles. The molecule has 5 aromatic rings. The van der Waals surface area contributed by atoms with E-state index in [4.69, 9.17) is 10.1 Å². The van der Waals surface area contributed by atoms with Crippen LogP contribution in [-0.2, 0) is 4.74 Å². The number of carbonyl (C=O) groups excluding carboxylic acids is 1. The highest BCUT2D eigenvalue weighted by Crippen LogP contribution is 2.64. The van der Waals surface area contributed by atoms with Crippen LogP contribution in [0, 0.1) is 21.7 Å². The van der Waals surface area contributed by atoms with E-state index in [2.05, 4.69) is 74.1 Å². The molecule has 4 atom stereocenters. The highest BCUT2D eigenvalue weighted by atomic mass is 32.1. The number of rotatable bonds is 11. The van der Waals surface area contributed by atoms with Crippen molar-refractivity contribution in [1.29, 1.82) is 5.41 Å². The van der Waals surface area contributed by atoms with Gasteiger partial charge in [-0.25, -0.2) is 14.8 Å². The second kappa shape index (κ2) is 14.7. The average molecular weight is 787 g/mol. The largest absolute Gasteiger partial charge is 0.476 e. The van der Waals surface area contributed by atoms with Crippen molar-refractivity contribution in [2.75, 3.05) is 11.9 Å². The summed E-state index contributed by atoms with van der Waals surface area (Å²) in [6.07, 6.45) is 9.17.